The molecule has 16 rings (SSSR count). The molecule has 0 aliphatic heterocycles. The van der Waals surface area contributed by atoms with E-state index in [4.69, 9.17) is 14.4 Å². The fourth-order valence-corrected chi connectivity index (χ4v) is 13.3. The quantitative estimate of drug-likeness (QED) is 0.167. The number of rotatable bonds is 6. The second kappa shape index (κ2) is 17.3. The highest BCUT2D eigenvalue weighted by Gasteiger charge is 2.34. The third-order valence-corrected chi connectivity index (χ3v) is 17.0. The molecule has 6 aromatic heterocycles. The number of benzene rings is 10. The van der Waals surface area contributed by atoms with Crippen molar-refractivity contribution in [2.75, 3.05) is 0 Å². The predicted molar refractivity (Wildman–Crippen MR) is 338 cm³/mol. The summed E-state index contributed by atoms with van der Waals surface area (Å²) in [5.74, 6) is 2.10. The number of oxazole rings is 1. The van der Waals surface area contributed by atoms with Crippen LogP contribution in [0.5, 0.6) is 0 Å². The summed E-state index contributed by atoms with van der Waals surface area (Å²) in [6.45, 7) is 17.6. The Labute approximate surface area is 468 Å². The number of nitrogens with zero attached hydrogens (tertiary/aromatic N) is 6. The number of para-hydroxylation sites is 2. The van der Waals surface area contributed by atoms with Crippen molar-refractivity contribution in [1.82, 2.24) is 28.2 Å². The van der Waals surface area contributed by atoms with Gasteiger partial charge in [0.1, 0.15) is 16.9 Å². The molecule has 0 amide bonds. The summed E-state index contributed by atoms with van der Waals surface area (Å²) in [5, 5.41) is 9.38. The molecule has 0 saturated carbocycles. The Morgan fingerprint density at radius 3 is 0.889 bits per heavy atom. The zero-order valence-electron chi connectivity index (χ0n) is 46.6. The highest BCUT2D eigenvalue weighted by atomic mass is 16.3. The highest BCUT2D eigenvalue weighted by Crippen LogP contribution is 2.51. The van der Waals surface area contributed by atoms with E-state index in [9.17, 15) is 0 Å². The number of fused-ring (bicyclic) bond motifs is 13. The average Bonchev–Trinajstić information content (AvgIpc) is 4.26. The Balaban J connectivity index is 1.25. The number of aromatic nitrogens is 6. The molecule has 6 heterocycles. The van der Waals surface area contributed by atoms with Gasteiger partial charge in [0.25, 0.3) is 0 Å². The lowest BCUT2D eigenvalue weighted by molar-refractivity contribution is 0.620. The molecule has 7 nitrogen and oxygen atoms in total. The molecule has 0 unspecified atom stereocenters. The Hall–Kier alpha value is -9.98. The highest BCUT2D eigenvalue weighted by molar-refractivity contribution is 6.16. The lowest BCUT2D eigenvalue weighted by atomic mass is 9.95. The average molecular weight is 1050 g/mol. The van der Waals surface area contributed by atoms with Crippen molar-refractivity contribution in [3.05, 3.63) is 239 Å². The van der Waals surface area contributed by atoms with Crippen LogP contribution in [0.15, 0.2) is 199 Å². The van der Waals surface area contributed by atoms with E-state index >= 15 is 0 Å². The normalized spacial score (nSPS) is 12.2. The summed E-state index contributed by atoms with van der Waals surface area (Å²) in [5.41, 5.74) is 24.3. The molecular formula is C74H56N6O. The summed E-state index contributed by atoms with van der Waals surface area (Å²) in [7, 11) is 0. The van der Waals surface area contributed by atoms with Crippen molar-refractivity contribution in [3.63, 3.8) is 0 Å². The topological polar surface area (TPSA) is 58.6 Å². The molecule has 0 N–H and O–H groups in total. The Morgan fingerprint density at radius 2 is 0.568 bits per heavy atom. The molecule has 16 aromatic rings. The fourth-order valence-electron chi connectivity index (χ4n) is 13.3. The SMILES string of the molecule is Cc1ccc2c(c1)c1cc(C)ccc1n2-c1nc(-n2c3ccc(C)cc3c3cc(C)ccc32)c(-n2c3ccc(C)cc3c3cc(C)ccc32)c(-c2ccccc2-c2nc3ccccc3o2)c1-n1c2ccc(C)cc2c2cc(C)ccc21. The Kier molecular flexibility index (Phi) is 10.0. The van der Waals surface area contributed by atoms with Crippen molar-refractivity contribution < 1.29 is 4.42 Å². The van der Waals surface area contributed by atoms with Crippen LogP contribution in [-0.4, -0.2) is 28.2 Å². The molecular weight excluding hydrogens is 989 g/mol. The minimum Gasteiger partial charge on any atom is -0.436 e. The molecule has 0 aliphatic rings. The molecule has 0 saturated heterocycles. The summed E-state index contributed by atoms with van der Waals surface area (Å²) >= 11 is 0. The van der Waals surface area contributed by atoms with Crippen LogP contribution < -0.4 is 0 Å². The van der Waals surface area contributed by atoms with Crippen LogP contribution in [0.4, 0.5) is 0 Å². The van der Waals surface area contributed by atoms with Gasteiger partial charge in [0.2, 0.25) is 5.89 Å². The molecule has 0 spiro atoms. The predicted octanol–water partition coefficient (Wildman–Crippen LogP) is 19.4. The van der Waals surface area contributed by atoms with Gasteiger partial charge < -0.3 is 13.6 Å². The number of hydrogen-bond donors (Lipinski definition) is 0. The zero-order valence-corrected chi connectivity index (χ0v) is 46.6. The van der Waals surface area contributed by atoms with Crippen molar-refractivity contribution in [2.45, 2.75) is 55.4 Å². The van der Waals surface area contributed by atoms with Crippen LogP contribution in [0.25, 0.3) is 144 Å². The van der Waals surface area contributed by atoms with Crippen LogP contribution in [0, 0.1) is 55.4 Å². The maximum Gasteiger partial charge on any atom is 0.227 e. The van der Waals surface area contributed by atoms with Gasteiger partial charge in [-0.3, -0.25) is 9.13 Å². The van der Waals surface area contributed by atoms with E-state index < -0.39 is 0 Å². The summed E-state index contributed by atoms with van der Waals surface area (Å²) in [6, 6.07) is 72.1. The van der Waals surface area contributed by atoms with Gasteiger partial charge in [0, 0.05) is 54.2 Å². The largest absolute Gasteiger partial charge is 0.436 e. The molecule has 81 heavy (non-hydrogen) atoms. The van der Waals surface area contributed by atoms with E-state index in [0.717, 1.165) is 94.9 Å². The summed E-state index contributed by atoms with van der Waals surface area (Å²) < 4.78 is 16.9. The first-order valence-corrected chi connectivity index (χ1v) is 28.0. The third-order valence-electron chi connectivity index (χ3n) is 17.0. The zero-order chi connectivity index (χ0) is 54.7. The van der Waals surface area contributed by atoms with Gasteiger partial charge >= 0.3 is 0 Å². The van der Waals surface area contributed by atoms with Crippen LogP contribution in [0.2, 0.25) is 0 Å². The molecule has 388 valence electrons. The van der Waals surface area contributed by atoms with Gasteiger partial charge in [-0.15, -0.1) is 0 Å². The minimum absolute atomic E-state index is 0.538. The van der Waals surface area contributed by atoms with Crippen molar-refractivity contribution in [1.29, 1.82) is 0 Å². The van der Waals surface area contributed by atoms with Crippen LogP contribution in [0.1, 0.15) is 44.5 Å². The Bertz CT molecular complexity index is 4860. The number of hydrogen-bond acceptors (Lipinski definition) is 3. The van der Waals surface area contributed by atoms with Gasteiger partial charge in [-0.25, -0.2) is 9.97 Å². The van der Waals surface area contributed by atoms with E-state index in [1.54, 1.807) is 0 Å². The lowest BCUT2D eigenvalue weighted by Gasteiger charge is -2.27. The molecule has 0 radical (unpaired) electrons. The maximum atomic E-state index is 6.94. The third kappa shape index (κ3) is 6.94. The first kappa shape index (κ1) is 47.1. The second-order valence-corrected chi connectivity index (χ2v) is 22.9. The van der Waals surface area contributed by atoms with E-state index in [1.165, 1.54) is 87.6 Å². The first-order chi connectivity index (χ1) is 39.4. The van der Waals surface area contributed by atoms with Gasteiger partial charge in [-0.2, -0.15) is 0 Å². The summed E-state index contributed by atoms with van der Waals surface area (Å²) in [6.07, 6.45) is 0. The summed E-state index contributed by atoms with van der Waals surface area (Å²) in [4.78, 5) is 11.9. The lowest BCUT2D eigenvalue weighted by Crippen LogP contribution is -2.16. The molecule has 0 bridgehead atoms. The van der Waals surface area contributed by atoms with Gasteiger partial charge in [-0.05, 0) is 176 Å². The van der Waals surface area contributed by atoms with Crippen LogP contribution in [-0.2, 0) is 0 Å². The molecule has 0 fully saturated rings. The van der Waals surface area contributed by atoms with Crippen LogP contribution >= 0.6 is 0 Å². The van der Waals surface area contributed by atoms with Gasteiger partial charge in [-0.1, -0.05) is 123 Å². The standard InChI is InChI=1S/C74H56N6O/c1-41-17-25-60-51(33-41)52-34-42(2)18-26-61(52)77(60)70-69(49-13-9-10-14-50(49)74-75-59-15-11-12-16-68(59)81-74)71(78-62-27-19-43(3)35-53(62)54-36-44(4)20-28-63(54)78)73(80-66-31-23-47(7)39-57(66)58-40-48(8)24-32-67(58)80)76-72(70)79-64-29-21-45(5)37-55(64)56-38-46(6)22-30-65(56)79/h9-40H,1-8H3. The molecule has 0 aliphatic carbocycles. The van der Waals surface area contributed by atoms with E-state index in [2.05, 4.69) is 244 Å². The fraction of sp³-hybridized carbons (Fsp3) is 0.108. The van der Waals surface area contributed by atoms with Gasteiger partial charge in [0.15, 0.2) is 17.2 Å². The van der Waals surface area contributed by atoms with Crippen LogP contribution in [0.3, 0.4) is 0 Å². The molecule has 10 aromatic carbocycles. The van der Waals surface area contributed by atoms with E-state index in [-0.39, 0.29) is 0 Å². The van der Waals surface area contributed by atoms with Crippen molar-refractivity contribution >= 4 is 98.3 Å². The minimum atomic E-state index is 0.538. The first-order valence-electron chi connectivity index (χ1n) is 28.0. The van der Waals surface area contributed by atoms with Crippen molar-refractivity contribution in [2.24, 2.45) is 0 Å². The monoisotopic (exact) mass is 1040 g/mol. The number of aryl methyl sites for hydroxylation is 8. The molecule has 0 atom stereocenters. The van der Waals surface area contributed by atoms with Crippen molar-refractivity contribution in [3.8, 4) is 45.6 Å². The second-order valence-electron chi connectivity index (χ2n) is 22.9. The van der Waals surface area contributed by atoms with E-state index in [1.807, 2.05) is 24.3 Å². The van der Waals surface area contributed by atoms with E-state index in [0.29, 0.717) is 5.89 Å². The maximum absolute atomic E-state index is 6.94. The Morgan fingerprint density at radius 1 is 0.284 bits per heavy atom. The van der Waals surface area contributed by atoms with Gasteiger partial charge in [0.05, 0.1) is 44.1 Å². The smallest absolute Gasteiger partial charge is 0.227 e. The number of pyridine rings is 1. The molecule has 7 heteroatoms.